The highest BCUT2D eigenvalue weighted by Gasteiger charge is 2.02. The van der Waals surface area contributed by atoms with Gasteiger partial charge in [0.15, 0.2) is 0 Å². The van der Waals surface area contributed by atoms with Crippen LogP contribution < -0.4 is 0 Å². The molecular formula is C9H10N2S. The molecule has 2 heterocycles. The molecule has 0 saturated carbocycles. The SMILES string of the molecule is CCCc1ncnc2sccc12. The summed E-state index contributed by atoms with van der Waals surface area (Å²) in [6.07, 6.45) is 3.85. The molecule has 0 aliphatic heterocycles. The van der Waals surface area contributed by atoms with Crippen molar-refractivity contribution in [2.45, 2.75) is 19.8 Å². The molecule has 0 fully saturated rings. The van der Waals surface area contributed by atoms with Crippen LogP contribution in [0.1, 0.15) is 19.0 Å². The molecule has 2 rings (SSSR count). The molecule has 2 aromatic rings. The first-order valence-corrected chi connectivity index (χ1v) is 4.97. The van der Waals surface area contributed by atoms with Crippen LogP contribution in [0.15, 0.2) is 17.8 Å². The third-order valence-electron chi connectivity index (χ3n) is 1.83. The van der Waals surface area contributed by atoms with Crippen molar-refractivity contribution in [3.05, 3.63) is 23.5 Å². The monoisotopic (exact) mass is 178 g/mol. The first-order chi connectivity index (χ1) is 5.92. The minimum atomic E-state index is 1.05. The van der Waals surface area contributed by atoms with Gasteiger partial charge in [0.2, 0.25) is 0 Å². The number of rotatable bonds is 2. The fourth-order valence-electron chi connectivity index (χ4n) is 1.28. The summed E-state index contributed by atoms with van der Waals surface area (Å²) < 4.78 is 0. The summed E-state index contributed by atoms with van der Waals surface area (Å²) in [5, 5.41) is 3.29. The Balaban J connectivity index is 2.57. The second kappa shape index (κ2) is 3.19. The van der Waals surface area contributed by atoms with Crippen LogP contribution in [0.5, 0.6) is 0 Å². The lowest BCUT2D eigenvalue weighted by Crippen LogP contribution is -1.89. The van der Waals surface area contributed by atoms with Crippen LogP contribution in [0.25, 0.3) is 10.2 Å². The highest BCUT2D eigenvalue weighted by Crippen LogP contribution is 2.20. The van der Waals surface area contributed by atoms with Crippen molar-refractivity contribution in [2.24, 2.45) is 0 Å². The average molecular weight is 178 g/mol. The molecule has 3 heteroatoms. The van der Waals surface area contributed by atoms with Crippen molar-refractivity contribution in [1.82, 2.24) is 9.97 Å². The molecule has 0 spiro atoms. The van der Waals surface area contributed by atoms with Crippen LogP contribution in [0, 0.1) is 0 Å². The Morgan fingerprint density at radius 1 is 1.42 bits per heavy atom. The lowest BCUT2D eigenvalue weighted by molar-refractivity contribution is 0.887. The Morgan fingerprint density at radius 2 is 2.33 bits per heavy atom. The van der Waals surface area contributed by atoms with E-state index in [4.69, 9.17) is 0 Å². The van der Waals surface area contributed by atoms with E-state index in [2.05, 4.69) is 28.3 Å². The average Bonchev–Trinajstić information content (AvgIpc) is 2.53. The van der Waals surface area contributed by atoms with Crippen molar-refractivity contribution in [3.8, 4) is 0 Å². The Bertz CT molecular complexity index is 381. The Hall–Kier alpha value is -0.960. The smallest absolute Gasteiger partial charge is 0.126 e. The fourth-order valence-corrected chi connectivity index (χ4v) is 2.03. The number of nitrogens with zero attached hydrogens (tertiary/aromatic N) is 2. The summed E-state index contributed by atoms with van der Waals surface area (Å²) >= 11 is 1.68. The third-order valence-corrected chi connectivity index (χ3v) is 2.65. The van der Waals surface area contributed by atoms with Gasteiger partial charge in [-0.2, -0.15) is 0 Å². The van der Waals surface area contributed by atoms with Crippen molar-refractivity contribution >= 4 is 21.6 Å². The van der Waals surface area contributed by atoms with Gasteiger partial charge in [0.05, 0.1) is 5.69 Å². The molecule has 0 radical (unpaired) electrons. The van der Waals surface area contributed by atoms with E-state index in [0.29, 0.717) is 0 Å². The zero-order valence-electron chi connectivity index (χ0n) is 6.95. The van der Waals surface area contributed by atoms with Crippen LogP contribution in [-0.4, -0.2) is 9.97 Å². The molecule has 0 bridgehead atoms. The molecule has 0 N–H and O–H groups in total. The van der Waals surface area contributed by atoms with Crippen LogP contribution in [0.2, 0.25) is 0 Å². The van der Waals surface area contributed by atoms with Gasteiger partial charge in [-0.3, -0.25) is 0 Å². The van der Waals surface area contributed by atoms with Crippen molar-refractivity contribution in [1.29, 1.82) is 0 Å². The second-order valence-corrected chi connectivity index (χ2v) is 3.60. The standard InChI is InChI=1S/C9H10N2S/c1-2-3-8-7-4-5-12-9(7)11-6-10-8/h4-6H,2-3H2,1H3. The normalized spacial score (nSPS) is 10.8. The second-order valence-electron chi connectivity index (χ2n) is 2.71. The van der Waals surface area contributed by atoms with Gasteiger partial charge < -0.3 is 0 Å². The maximum atomic E-state index is 4.26. The van der Waals surface area contributed by atoms with Crippen molar-refractivity contribution in [3.63, 3.8) is 0 Å². The quantitative estimate of drug-likeness (QED) is 0.706. The predicted molar refractivity (Wildman–Crippen MR) is 51.4 cm³/mol. The maximum absolute atomic E-state index is 4.26. The fraction of sp³-hybridized carbons (Fsp3) is 0.333. The van der Waals surface area contributed by atoms with E-state index in [1.54, 1.807) is 17.7 Å². The summed E-state index contributed by atoms with van der Waals surface area (Å²) in [7, 11) is 0. The molecule has 0 saturated heterocycles. The van der Waals surface area contributed by atoms with Gasteiger partial charge in [-0.15, -0.1) is 11.3 Å². The molecule has 62 valence electrons. The maximum Gasteiger partial charge on any atom is 0.126 e. The number of fused-ring (bicyclic) bond motifs is 1. The Kier molecular flexibility index (Phi) is 2.04. The van der Waals surface area contributed by atoms with Crippen molar-refractivity contribution in [2.75, 3.05) is 0 Å². The lowest BCUT2D eigenvalue weighted by Gasteiger charge is -1.97. The van der Waals surface area contributed by atoms with Crippen LogP contribution in [0.3, 0.4) is 0 Å². The predicted octanol–water partition coefficient (Wildman–Crippen LogP) is 2.64. The summed E-state index contributed by atoms with van der Waals surface area (Å²) in [5.41, 5.74) is 1.18. The van der Waals surface area contributed by atoms with Gasteiger partial charge in [0, 0.05) is 5.39 Å². The van der Waals surface area contributed by atoms with Crippen LogP contribution in [-0.2, 0) is 6.42 Å². The first kappa shape index (κ1) is 7.68. The van der Waals surface area contributed by atoms with E-state index in [1.165, 1.54) is 11.1 Å². The summed E-state index contributed by atoms with van der Waals surface area (Å²) in [6.45, 7) is 2.17. The zero-order valence-corrected chi connectivity index (χ0v) is 7.77. The van der Waals surface area contributed by atoms with E-state index in [0.717, 1.165) is 17.7 Å². The number of aromatic nitrogens is 2. The highest BCUT2D eigenvalue weighted by atomic mass is 32.1. The highest BCUT2D eigenvalue weighted by molar-refractivity contribution is 7.16. The van der Waals surface area contributed by atoms with E-state index in [9.17, 15) is 0 Å². The molecule has 0 aliphatic carbocycles. The van der Waals surface area contributed by atoms with Gasteiger partial charge in [0.25, 0.3) is 0 Å². The molecule has 2 nitrogen and oxygen atoms in total. The molecule has 0 unspecified atom stereocenters. The topological polar surface area (TPSA) is 25.8 Å². The Morgan fingerprint density at radius 3 is 3.17 bits per heavy atom. The van der Waals surface area contributed by atoms with Gasteiger partial charge >= 0.3 is 0 Å². The summed E-state index contributed by atoms with van der Waals surface area (Å²) in [4.78, 5) is 9.56. The summed E-state index contributed by atoms with van der Waals surface area (Å²) in [5.74, 6) is 0. The van der Waals surface area contributed by atoms with Crippen molar-refractivity contribution < 1.29 is 0 Å². The minimum Gasteiger partial charge on any atom is -0.241 e. The number of thiophene rings is 1. The molecule has 0 amide bonds. The molecular weight excluding hydrogens is 168 g/mol. The van der Waals surface area contributed by atoms with Gasteiger partial charge in [-0.05, 0) is 17.9 Å². The largest absolute Gasteiger partial charge is 0.241 e. The number of hydrogen-bond donors (Lipinski definition) is 0. The van der Waals surface area contributed by atoms with Crippen LogP contribution in [0.4, 0.5) is 0 Å². The molecule has 0 aromatic carbocycles. The van der Waals surface area contributed by atoms with Gasteiger partial charge in [-0.1, -0.05) is 13.3 Å². The lowest BCUT2D eigenvalue weighted by atomic mass is 10.2. The number of hydrogen-bond acceptors (Lipinski definition) is 3. The van der Waals surface area contributed by atoms with E-state index < -0.39 is 0 Å². The Labute approximate surface area is 75.3 Å². The van der Waals surface area contributed by atoms with E-state index in [1.807, 2.05) is 0 Å². The first-order valence-electron chi connectivity index (χ1n) is 4.09. The zero-order chi connectivity index (χ0) is 8.39. The molecule has 2 aromatic heterocycles. The van der Waals surface area contributed by atoms with Gasteiger partial charge in [0.1, 0.15) is 11.2 Å². The van der Waals surface area contributed by atoms with Crippen LogP contribution >= 0.6 is 11.3 Å². The molecule has 0 atom stereocenters. The van der Waals surface area contributed by atoms with E-state index >= 15 is 0 Å². The number of aryl methyl sites for hydroxylation is 1. The molecule has 12 heavy (non-hydrogen) atoms. The summed E-state index contributed by atoms with van der Waals surface area (Å²) in [6, 6.07) is 2.10. The van der Waals surface area contributed by atoms with E-state index in [-0.39, 0.29) is 0 Å². The molecule has 0 aliphatic rings. The van der Waals surface area contributed by atoms with Gasteiger partial charge in [-0.25, -0.2) is 9.97 Å². The third kappa shape index (κ3) is 1.20. The minimum absolute atomic E-state index is 1.05.